The highest BCUT2D eigenvalue weighted by atomic mass is 19.1. The van der Waals surface area contributed by atoms with Gasteiger partial charge in [-0.2, -0.15) is 0 Å². The van der Waals surface area contributed by atoms with Crippen LogP contribution in [0.25, 0.3) is 0 Å². The summed E-state index contributed by atoms with van der Waals surface area (Å²) in [5, 5.41) is 3.10. The average Bonchev–Trinajstić information content (AvgIpc) is 2.35. The molecule has 0 spiro atoms. The fourth-order valence-electron chi connectivity index (χ4n) is 1.88. The molecule has 1 N–H and O–H groups in total. The van der Waals surface area contributed by atoms with E-state index in [0.29, 0.717) is 12.1 Å². The molecular weight excluding hydrogens is 251 g/mol. The van der Waals surface area contributed by atoms with Crippen molar-refractivity contribution in [3.8, 4) is 0 Å². The van der Waals surface area contributed by atoms with Gasteiger partial charge in [0.1, 0.15) is 17.5 Å². The van der Waals surface area contributed by atoms with Crippen LogP contribution in [0, 0.1) is 17.5 Å². The Hall–Kier alpha value is -1.81. The van der Waals surface area contributed by atoms with Crippen LogP contribution in [0.1, 0.15) is 24.1 Å². The van der Waals surface area contributed by atoms with E-state index in [1.54, 1.807) is 12.1 Å². The first-order chi connectivity index (χ1) is 9.04. The van der Waals surface area contributed by atoms with E-state index in [1.165, 1.54) is 24.3 Å². The molecule has 0 heterocycles. The van der Waals surface area contributed by atoms with E-state index >= 15 is 0 Å². The molecule has 0 aliphatic carbocycles. The second-order valence-electron chi connectivity index (χ2n) is 4.44. The number of halogens is 3. The van der Waals surface area contributed by atoms with Gasteiger partial charge in [-0.1, -0.05) is 12.1 Å². The number of benzene rings is 2. The van der Waals surface area contributed by atoms with Gasteiger partial charge in [-0.25, -0.2) is 13.2 Å². The number of hydrogen-bond acceptors (Lipinski definition) is 1. The predicted molar refractivity (Wildman–Crippen MR) is 68.0 cm³/mol. The van der Waals surface area contributed by atoms with Crippen molar-refractivity contribution in [3.05, 3.63) is 71.0 Å². The third-order valence-electron chi connectivity index (χ3n) is 2.88. The Kier molecular flexibility index (Phi) is 4.22. The molecular formula is C15H14F3N. The summed E-state index contributed by atoms with van der Waals surface area (Å²) in [6.45, 7) is 2.18. The Morgan fingerprint density at radius 2 is 1.63 bits per heavy atom. The second kappa shape index (κ2) is 5.89. The maximum Gasteiger partial charge on any atom is 0.126 e. The Morgan fingerprint density at radius 1 is 0.947 bits per heavy atom. The minimum Gasteiger partial charge on any atom is -0.306 e. The predicted octanol–water partition coefficient (Wildman–Crippen LogP) is 3.95. The number of nitrogens with one attached hydrogen (secondary N) is 1. The van der Waals surface area contributed by atoms with E-state index in [-0.39, 0.29) is 11.9 Å². The lowest BCUT2D eigenvalue weighted by atomic mass is 10.1. The van der Waals surface area contributed by atoms with Crippen LogP contribution in [-0.4, -0.2) is 0 Å². The maximum absolute atomic E-state index is 13.1. The van der Waals surface area contributed by atoms with Crippen LogP contribution in [0.3, 0.4) is 0 Å². The van der Waals surface area contributed by atoms with Crippen molar-refractivity contribution < 1.29 is 13.2 Å². The summed E-state index contributed by atoms with van der Waals surface area (Å²) in [6, 6.07) is 9.50. The van der Waals surface area contributed by atoms with Crippen molar-refractivity contribution in [1.82, 2.24) is 5.32 Å². The number of rotatable bonds is 4. The quantitative estimate of drug-likeness (QED) is 0.882. The Bertz CT molecular complexity index is 549. The molecule has 4 heteroatoms. The normalized spacial score (nSPS) is 12.4. The zero-order valence-corrected chi connectivity index (χ0v) is 10.5. The highest BCUT2D eigenvalue weighted by Crippen LogP contribution is 2.15. The first kappa shape index (κ1) is 13.6. The van der Waals surface area contributed by atoms with E-state index in [4.69, 9.17) is 0 Å². The third-order valence-corrected chi connectivity index (χ3v) is 2.88. The van der Waals surface area contributed by atoms with Gasteiger partial charge < -0.3 is 5.32 Å². The van der Waals surface area contributed by atoms with Crippen LogP contribution in [0.5, 0.6) is 0 Å². The monoisotopic (exact) mass is 265 g/mol. The molecule has 1 atom stereocenters. The summed E-state index contributed by atoms with van der Waals surface area (Å²) in [6.07, 6.45) is 0. The Labute approximate surface area is 110 Å². The maximum atomic E-state index is 13.1. The largest absolute Gasteiger partial charge is 0.306 e. The highest BCUT2D eigenvalue weighted by Gasteiger charge is 2.07. The van der Waals surface area contributed by atoms with Gasteiger partial charge in [0.25, 0.3) is 0 Å². The zero-order valence-electron chi connectivity index (χ0n) is 10.5. The van der Waals surface area contributed by atoms with Gasteiger partial charge in [0.15, 0.2) is 0 Å². The van der Waals surface area contributed by atoms with E-state index in [9.17, 15) is 13.2 Å². The Morgan fingerprint density at radius 3 is 2.26 bits per heavy atom. The topological polar surface area (TPSA) is 12.0 Å². The molecule has 0 amide bonds. The molecule has 0 aliphatic heterocycles. The molecule has 2 rings (SSSR count). The third kappa shape index (κ3) is 3.83. The SMILES string of the molecule is CC(NCc1cc(F)cc(F)c1)c1cccc(F)c1. The Balaban J connectivity index is 2.02. The minimum absolute atomic E-state index is 0.109. The molecule has 19 heavy (non-hydrogen) atoms. The van der Waals surface area contributed by atoms with Crippen LogP contribution in [0.4, 0.5) is 13.2 Å². The van der Waals surface area contributed by atoms with Crippen molar-refractivity contribution >= 4 is 0 Å². The summed E-state index contributed by atoms with van der Waals surface area (Å²) in [5.74, 6) is -1.51. The van der Waals surface area contributed by atoms with Gasteiger partial charge in [-0.15, -0.1) is 0 Å². The molecule has 100 valence electrons. The summed E-state index contributed by atoms with van der Waals surface area (Å²) < 4.78 is 39.1. The minimum atomic E-state index is -0.602. The molecule has 2 aromatic rings. The molecule has 0 aliphatic rings. The van der Waals surface area contributed by atoms with E-state index in [1.807, 2.05) is 6.92 Å². The van der Waals surface area contributed by atoms with Crippen LogP contribution >= 0.6 is 0 Å². The average molecular weight is 265 g/mol. The van der Waals surface area contributed by atoms with Gasteiger partial charge in [-0.3, -0.25) is 0 Å². The summed E-state index contributed by atoms with van der Waals surface area (Å²) in [7, 11) is 0. The summed E-state index contributed by atoms with van der Waals surface area (Å²) in [5.41, 5.74) is 1.30. The lowest BCUT2D eigenvalue weighted by molar-refractivity contribution is 0.550. The van der Waals surface area contributed by atoms with Crippen molar-refractivity contribution in [1.29, 1.82) is 0 Å². The number of hydrogen-bond donors (Lipinski definition) is 1. The lowest BCUT2D eigenvalue weighted by Gasteiger charge is -2.14. The molecule has 1 nitrogen and oxygen atoms in total. The van der Waals surface area contributed by atoms with Crippen molar-refractivity contribution in [3.63, 3.8) is 0 Å². The van der Waals surface area contributed by atoms with Gasteiger partial charge in [0, 0.05) is 18.7 Å². The van der Waals surface area contributed by atoms with Crippen molar-refractivity contribution in [2.75, 3.05) is 0 Å². The van der Waals surface area contributed by atoms with Crippen molar-refractivity contribution in [2.24, 2.45) is 0 Å². The molecule has 0 bridgehead atoms. The fraction of sp³-hybridized carbons (Fsp3) is 0.200. The molecule has 0 aromatic heterocycles. The van der Waals surface area contributed by atoms with Gasteiger partial charge in [0.05, 0.1) is 0 Å². The fourth-order valence-corrected chi connectivity index (χ4v) is 1.88. The van der Waals surface area contributed by atoms with Crippen LogP contribution in [0.2, 0.25) is 0 Å². The standard InChI is InChI=1S/C15H14F3N/c1-10(12-3-2-4-13(16)7-12)19-9-11-5-14(17)8-15(18)6-11/h2-8,10,19H,9H2,1H3. The van der Waals surface area contributed by atoms with Crippen LogP contribution < -0.4 is 5.32 Å². The second-order valence-corrected chi connectivity index (χ2v) is 4.44. The first-order valence-electron chi connectivity index (χ1n) is 5.98. The molecule has 1 unspecified atom stereocenters. The van der Waals surface area contributed by atoms with Gasteiger partial charge >= 0.3 is 0 Å². The highest BCUT2D eigenvalue weighted by molar-refractivity contribution is 5.21. The smallest absolute Gasteiger partial charge is 0.126 e. The summed E-state index contributed by atoms with van der Waals surface area (Å²) >= 11 is 0. The van der Waals surface area contributed by atoms with Gasteiger partial charge in [0.2, 0.25) is 0 Å². The molecule has 0 saturated heterocycles. The van der Waals surface area contributed by atoms with Crippen LogP contribution in [0.15, 0.2) is 42.5 Å². The van der Waals surface area contributed by atoms with E-state index in [0.717, 1.165) is 11.6 Å². The van der Waals surface area contributed by atoms with Crippen LogP contribution in [-0.2, 0) is 6.54 Å². The molecule has 2 aromatic carbocycles. The van der Waals surface area contributed by atoms with Crippen molar-refractivity contribution in [2.45, 2.75) is 19.5 Å². The molecule has 0 saturated carbocycles. The van der Waals surface area contributed by atoms with Gasteiger partial charge in [-0.05, 0) is 42.3 Å². The molecule has 0 radical (unpaired) electrons. The van der Waals surface area contributed by atoms with E-state index < -0.39 is 11.6 Å². The lowest BCUT2D eigenvalue weighted by Crippen LogP contribution is -2.18. The first-order valence-corrected chi connectivity index (χ1v) is 5.98. The zero-order chi connectivity index (χ0) is 13.8. The molecule has 0 fully saturated rings. The van der Waals surface area contributed by atoms with E-state index in [2.05, 4.69) is 5.32 Å². The summed E-state index contributed by atoms with van der Waals surface area (Å²) in [4.78, 5) is 0.